The number of rotatable bonds is 1. The molecule has 0 aliphatic carbocycles. The molecule has 2 heterocycles. The minimum atomic E-state index is -0.584. The molecule has 0 amide bonds. The average molecular weight is 257 g/mol. The fourth-order valence-electron chi connectivity index (χ4n) is 2.16. The van der Waals surface area contributed by atoms with Crippen LogP contribution in [0.3, 0.4) is 0 Å². The van der Waals surface area contributed by atoms with E-state index in [1.54, 1.807) is 6.07 Å². The Labute approximate surface area is 107 Å². The van der Waals surface area contributed by atoms with Crippen LogP contribution < -0.4 is 5.43 Å². The number of methoxy groups -OCH3 is 1. The lowest BCUT2D eigenvalue weighted by molar-refractivity contribution is 0.0594. The van der Waals surface area contributed by atoms with Gasteiger partial charge in [-0.05, 0) is 19.1 Å². The topological polar surface area (TPSA) is 72.3 Å². The summed E-state index contributed by atoms with van der Waals surface area (Å²) in [5.74, 6) is 0.158. The Bertz CT molecular complexity index is 857. The Morgan fingerprint density at radius 2 is 2.11 bits per heavy atom. The molecule has 1 N–H and O–H groups in total. The van der Waals surface area contributed by atoms with Gasteiger partial charge in [-0.15, -0.1) is 0 Å². The molecule has 0 fully saturated rings. The lowest BCUT2D eigenvalue weighted by atomic mass is 10.1. The van der Waals surface area contributed by atoms with E-state index in [0.29, 0.717) is 16.5 Å². The quantitative estimate of drug-likeness (QED) is 0.679. The number of fused-ring (bicyclic) bond motifs is 3. The van der Waals surface area contributed by atoms with E-state index in [2.05, 4.69) is 9.72 Å². The maximum absolute atomic E-state index is 12.0. The highest BCUT2D eigenvalue weighted by molar-refractivity contribution is 6.03. The molecule has 0 unspecified atom stereocenters. The summed E-state index contributed by atoms with van der Waals surface area (Å²) in [6, 6.07) is 6.64. The van der Waals surface area contributed by atoms with Crippen LogP contribution in [-0.4, -0.2) is 18.1 Å². The van der Waals surface area contributed by atoms with Gasteiger partial charge in [-0.2, -0.15) is 0 Å². The molecule has 3 rings (SSSR count). The molecule has 19 heavy (non-hydrogen) atoms. The number of pyridine rings is 1. The second-order valence-corrected chi connectivity index (χ2v) is 4.30. The van der Waals surface area contributed by atoms with Crippen molar-refractivity contribution in [3.05, 3.63) is 45.9 Å². The van der Waals surface area contributed by atoms with Crippen molar-refractivity contribution in [3.8, 4) is 0 Å². The number of H-pyrrole nitrogens is 1. The van der Waals surface area contributed by atoms with E-state index in [4.69, 9.17) is 4.42 Å². The molecule has 0 saturated heterocycles. The molecule has 0 bridgehead atoms. The highest BCUT2D eigenvalue weighted by Crippen LogP contribution is 2.25. The van der Waals surface area contributed by atoms with Crippen LogP contribution in [0.15, 0.2) is 33.5 Å². The van der Waals surface area contributed by atoms with Crippen molar-refractivity contribution in [1.29, 1.82) is 0 Å². The van der Waals surface area contributed by atoms with Crippen molar-refractivity contribution >= 4 is 27.8 Å². The van der Waals surface area contributed by atoms with Gasteiger partial charge in [-0.1, -0.05) is 6.07 Å². The van der Waals surface area contributed by atoms with E-state index in [-0.39, 0.29) is 11.1 Å². The summed E-state index contributed by atoms with van der Waals surface area (Å²) in [6.07, 6.45) is 0. The number of aromatic amines is 1. The zero-order chi connectivity index (χ0) is 13.6. The van der Waals surface area contributed by atoms with Crippen LogP contribution in [0.25, 0.3) is 21.9 Å². The second-order valence-electron chi connectivity index (χ2n) is 4.30. The maximum atomic E-state index is 12.0. The molecule has 0 atom stereocenters. The lowest BCUT2D eigenvalue weighted by Crippen LogP contribution is -2.11. The number of aryl methyl sites for hydroxylation is 1. The van der Waals surface area contributed by atoms with Gasteiger partial charge in [-0.3, -0.25) is 4.79 Å². The zero-order valence-corrected chi connectivity index (χ0v) is 10.4. The number of hydrogen-bond donors (Lipinski definition) is 1. The first-order chi connectivity index (χ1) is 9.10. The SMILES string of the molecule is COC(=O)c1cc(=O)c2ccc3cc(C)oc3c2[nH]1. The predicted octanol–water partition coefficient (Wildman–Crippen LogP) is 2.37. The predicted molar refractivity (Wildman–Crippen MR) is 70.4 cm³/mol. The van der Waals surface area contributed by atoms with Crippen molar-refractivity contribution in [2.45, 2.75) is 6.92 Å². The largest absolute Gasteiger partial charge is 0.464 e. The third-order valence-electron chi connectivity index (χ3n) is 3.02. The average Bonchev–Trinajstić information content (AvgIpc) is 2.78. The molecule has 5 heteroatoms. The number of aromatic nitrogens is 1. The molecule has 0 saturated carbocycles. The smallest absolute Gasteiger partial charge is 0.354 e. The van der Waals surface area contributed by atoms with Crippen LogP contribution in [0.2, 0.25) is 0 Å². The molecular weight excluding hydrogens is 246 g/mol. The summed E-state index contributed by atoms with van der Waals surface area (Å²) in [6.45, 7) is 1.83. The number of carbonyl (C=O) groups excluding carboxylic acids is 1. The lowest BCUT2D eigenvalue weighted by Gasteiger charge is -2.03. The standard InChI is InChI=1S/C14H11NO4/c1-7-5-8-3-4-9-11(16)6-10(14(17)18-2)15-12(9)13(8)19-7/h3-6H,1-2H3,(H,15,16). The minimum Gasteiger partial charge on any atom is -0.464 e. The number of carbonyl (C=O) groups is 1. The molecule has 96 valence electrons. The number of benzene rings is 1. The first-order valence-electron chi connectivity index (χ1n) is 5.74. The van der Waals surface area contributed by atoms with Crippen molar-refractivity contribution in [2.75, 3.05) is 7.11 Å². The van der Waals surface area contributed by atoms with Gasteiger partial charge in [0, 0.05) is 16.8 Å². The first kappa shape index (κ1) is 11.5. The van der Waals surface area contributed by atoms with Gasteiger partial charge in [0.2, 0.25) is 0 Å². The van der Waals surface area contributed by atoms with Crippen LogP contribution >= 0.6 is 0 Å². The number of esters is 1. The molecule has 5 nitrogen and oxygen atoms in total. The Morgan fingerprint density at radius 1 is 1.32 bits per heavy atom. The molecule has 2 aromatic heterocycles. The van der Waals surface area contributed by atoms with E-state index >= 15 is 0 Å². The number of ether oxygens (including phenoxy) is 1. The summed E-state index contributed by atoms with van der Waals surface area (Å²) >= 11 is 0. The van der Waals surface area contributed by atoms with Crippen LogP contribution in [0, 0.1) is 6.92 Å². The van der Waals surface area contributed by atoms with Gasteiger partial charge < -0.3 is 14.1 Å². The Hall–Kier alpha value is -2.56. The fourth-order valence-corrected chi connectivity index (χ4v) is 2.16. The highest BCUT2D eigenvalue weighted by Gasteiger charge is 2.13. The van der Waals surface area contributed by atoms with Gasteiger partial charge in [0.25, 0.3) is 0 Å². The van der Waals surface area contributed by atoms with Crippen molar-refractivity contribution in [1.82, 2.24) is 4.98 Å². The van der Waals surface area contributed by atoms with Crippen LogP contribution in [0.1, 0.15) is 16.2 Å². The van der Waals surface area contributed by atoms with E-state index in [9.17, 15) is 9.59 Å². The van der Waals surface area contributed by atoms with E-state index < -0.39 is 5.97 Å². The van der Waals surface area contributed by atoms with Crippen molar-refractivity contribution in [2.24, 2.45) is 0 Å². The first-order valence-corrected chi connectivity index (χ1v) is 5.74. The van der Waals surface area contributed by atoms with E-state index in [0.717, 1.165) is 11.1 Å². The van der Waals surface area contributed by atoms with E-state index in [1.807, 2.05) is 19.1 Å². The molecular formula is C14H11NO4. The van der Waals surface area contributed by atoms with Crippen molar-refractivity contribution in [3.63, 3.8) is 0 Å². The van der Waals surface area contributed by atoms with Gasteiger partial charge in [0.15, 0.2) is 11.0 Å². The molecule has 1 aromatic carbocycles. The zero-order valence-electron chi connectivity index (χ0n) is 10.4. The molecule has 0 aliphatic rings. The summed E-state index contributed by atoms with van der Waals surface area (Å²) in [7, 11) is 1.27. The Balaban J connectivity index is 2.46. The summed E-state index contributed by atoms with van der Waals surface area (Å²) in [5, 5.41) is 1.36. The Kier molecular flexibility index (Phi) is 2.41. The van der Waals surface area contributed by atoms with Crippen LogP contribution in [0.4, 0.5) is 0 Å². The second kappa shape index (κ2) is 3.98. The summed E-state index contributed by atoms with van der Waals surface area (Å²) in [5.41, 5.74) is 0.947. The van der Waals surface area contributed by atoms with Crippen LogP contribution in [-0.2, 0) is 4.74 Å². The molecule has 0 spiro atoms. The molecule has 0 aliphatic heterocycles. The molecule has 3 aromatic rings. The fraction of sp³-hybridized carbons (Fsp3) is 0.143. The van der Waals surface area contributed by atoms with Crippen molar-refractivity contribution < 1.29 is 13.9 Å². The van der Waals surface area contributed by atoms with Gasteiger partial charge >= 0.3 is 5.97 Å². The maximum Gasteiger partial charge on any atom is 0.354 e. The summed E-state index contributed by atoms with van der Waals surface area (Å²) < 4.78 is 10.2. The summed E-state index contributed by atoms with van der Waals surface area (Å²) in [4.78, 5) is 26.4. The third kappa shape index (κ3) is 1.71. The minimum absolute atomic E-state index is 0.113. The highest BCUT2D eigenvalue weighted by atomic mass is 16.5. The van der Waals surface area contributed by atoms with E-state index in [1.165, 1.54) is 13.2 Å². The van der Waals surface area contributed by atoms with Gasteiger partial charge in [0.05, 0.1) is 12.6 Å². The number of nitrogens with one attached hydrogen (secondary N) is 1. The normalized spacial score (nSPS) is 11.1. The monoisotopic (exact) mass is 257 g/mol. The van der Waals surface area contributed by atoms with Gasteiger partial charge in [0.1, 0.15) is 11.5 Å². The molecule has 0 radical (unpaired) electrons. The van der Waals surface area contributed by atoms with Gasteiger partial charge in [-0.25, -0.2) is 4.79 Å². The third-order valence-corrected chi connectivity index (χ3v) is 3.02. The Morgan fingerprint density at radius 3 is 2.84 bits per heavy atom. The number of hydrogen-bond acceptors (Lipinski definition) is 4. The van der Waals surface area contributed by atoms with Crippen LogP contribution in [0.5, 0.6) is 0 Å². The number of furan rings is 1.